The Labute approximate surface area is 164 Å². The minimum Gasteiger partial charge on any atom is -0.496 e. The molecule has 1 amide bonds. The first kappa shape index (κ1) is 19.5. The van der Waals surface area contributed by atoms with Crippen molar-refractivity contribution in [2.45, 2.75) is 6.04 Å². The Bertz CT molecular complexity index is 782. The fourth-order valence-corrected chi connectivity index (χ4v) is 4.04. The van der Waals surface area contributed by atoms with Crippen LogP contribution >= 0.6 is 11.8 Å². The van der Waals surface area contributed by atoms with Crippen molar-refractivity contribution in [2.24, 2.45) is 0 Å². The molecular formula is C21H24N2O3S. The van der Waals surface area contributed by atoms with Gasteiger partial charge in [-0.2, -0.15) is 0 Å². The maximum Gasteiger partial charge on any atom is 0.233 e. The van der Waals surface area contributed by atoms with Gasteiger partial charge in [0.1, 0.15) is 5.75 Å². The fourth-order valence-electron chi connectivity index (χ4n) is 3.24. The van der Waals surface area contributed by atoms with Gasteiger partial charge in [0.25, 0.3) is 0 Å². The van der Waals surface area contributed by atoms with E-state index in [0.29, 0.717) is 30.2 Å². The van der Waals surface area contributed by atoms with E-state index in [0.717, 1.165) is 17.9 Å². The molecule has 5 nitrogen and oxygen atoms in total. The van der Waals surface area contributed by atoms with Gasteiger partial charge in [0.15, 0.2) is 5.78 Å². The fraction of sp³-hybridized carbons (Fsp3) is 0.333. The van der Waals surface area contributed by atoms with Crippen LogP contribution in [0.25, 0.3) is 0 Å². The Hall–Kier alpha value is -2.31. The average molecular weight is 385 g/mol. The van der Waals surface area contributed by atoms with Crippen molar-refractivity contribution in [1.29, 1.82) is 0 Å². The number of carbonyl (C=O) groups is 2. The second-order valence-corrected chi connectivity index (χ2v) is 7.32. The van der Waals surface area contributed by atoms with Crippen LogP contribution in [0.1, 0.15) is 22.0 Å². The van der Waals surface area contributed by atoms with Gasteiger partial charge in [-0.3, -0.25) is 9.59 Å². The second kappa shape index (κ2) is 9.58. The van der Waals surface area contributed by atoms with Crippen LogP contribution in [-0.2, 0) is 4.79 Å². The molecule has 1 unspecified atom stereocenters. The summed E-state index contributed by atoms with van der Waals surface area (Å²) in [7, 11) is 1.65. The third-order valence-electron chi connectivity index (χ3n) is 4.62. The van der Waals surface area contributed by atoms with Crippen LogP contribution in [0.15, 0.2) is 54.6 Å². The number of benzene rings is 2. The number of piperazine rings is 1. The molecule has 2 aromatic rings. The van der Waals surface area contributed by atoms with Crippen molar-refractivity contribution in [2.75, 3.05) is 38.2 Å². The summed E-state index contributed by atoms with van der Waals surface area (Å²) in [6.45, 7) is 2.11. The van der Waals surface area contributed by atoms with E-state index in [1.807, 2.05) is 47.4 Å². The summed E-state index contributed by atoms with van der Waals surface area (Å²) in [5, 5.41) is 3.35. The highest BCUT2D eigenvalue weighted by atomic mass is 32.2. The van der Waals surface area contributed by atoms with Gasteiger partial charge in [-0.05, 0) is 6.07 Å². The lowest BCUT2D eigenvalue weighted by Crippen LogP contribution is -2.49. The van der Waals surface area contributed by atoms with Crippen LogP contribution in [-0.4, -0.2) is 54.8 Å². The largest absolute Gasteiger partial charge is 0.496 e. The molecule has 27 heavy (non-hydrogen) atoms. The van der Waals surface area contributed by atoms with E-state index in [1.54, 1.807) is 19.2 Å². The predicted octanol–water partition coefficient (Wildman–Crippen LogP) is 2.78. The van der Waals surface area contributed by atoms with Crippen molar-refractivity contribution < 1.29 is 14.3 Å². The number of Topliss-reactive ketones (excluding diaryl/α,β-unsaturated/α-hetero) is 1. The minimum atomic E-state index is -0.0622. The first-order valence-corrected chi connectivity index (χ1v) is 10.1. The highest BCUT2D eigenvalue weighted by Gasteiger charge is 2.29. The Morgan fingerprint density at radius 2 is 1.85 bits per heavy atom. The molecule has 0 radical (unpaired) electrons. The van der Waals surface area contributed by atoms with Crippen LogP contribution in [0.4, 0.5) is 0 Å². The third kappa shape index (κ3) is 4.90. The molecule has 2 aromatic carbocycles. The normalized spacial score (nSPS) is 16.8. The van der Waals surface area contributed by atoms with Crippen LogP contribution in [0, 0.1) is 0 Å². The van der Waals surface area contributed by atoms with Gasteiger partial charge >= 0.3 is 0 Å². The van der Waals surface area contributed by atoms with E-state index in [-0.39, 0.29) is 17.7 Å². The van der Waals surface area contributed by atoms with Crippen LogP contribution in [0.2, 0.25) is 0 Å². The topological polar surface area (TPSA) is 58.6 Å². The van der Waals surface area contributed by atoms with Crippen molar-refractivity contribution in [1.82, 2.24) is 10.2 Å². The molecule has 1 atom stereocenters. The zero-order chi connectivity index (χ0) is 19.1. The number of hydrogen-bond donors (Lipinski definition) is 1. The maximum absolute atomic E-state index is 12.8. The van der Waals surface area contributed by atoms with Crippen molar-refractivity contribution in [3.8, 4) is 5.75 Å². The Morgan fingerprint density at radius 1 is 1.11 bits per heavy atom. The zero-order valence-corrected chi connectivity index (χ0v) is 16.2. The summed E-state index contributed by atoms with van der Waals surface area (Å²) in [4.78, 5) is 26.9. The standard InChI is InChI=1S/C21H24N2O3S/c1-26-20-10-6-5-9-17(20)18-13-22-11-12-23(18)21(25)15-27-14-19(24)16-7-3-2-4-8-16/h2-10,18,22H,11-15H2,1H3. The molecule has 0 saturated carbocycles. The van der Waals surface area contributed by atoms with Gasteiger partial charge in [0.05, 0.1) is 24.7 Å². The Morgan fingerprint density at radius 3 is 2.63 bits per heavy atom. The summed E-state index contributed by atoms with van der Waals surface area (Å²) in [6, 6.07) is 16.9. The van der Waals surface area contributed by atoms with Crippen LogP contribution < -0.4 is 10.1 Å². The van der Waals surface area contributed by atoms with Crippen molar-refractivity contribution >= 4 is 23.5 Å². The van der Waals surface area contributed by atoms with Gasteiger partial charge < -0.3 is 15.0 Å². The van der Waals surface area contributed by atoms with Crippen molar-refractivity contribution in [3.63, 3.8) is 0 Å². The number of nitrogens with zero attached hydrogens (tertiary/aromatic N) is 1. The lowest BCUT2D eigenvalue weighted by Gasteiger charge is -2.37. The molecule has 1 heterocycles. The number of ether oxygens (including phenoxy) is 1. The zero-order valence-electron chi connectivity index (χ0n) is 15.4. The highest BCUT2D eigenvalue weighted by Crippen LogP contribution is 2.30. The van der Waals surface area contributed by atoms with Gasteiger partial charge in [0.2, 0.25) is 5.91 Å². The summed E-state index contributed by atoms with van der Waals surface area (Å²) < 4.78 is 5.47. The van der Waals surface area contributed by atoms with Gasteiger partial charge in [-0.1, -0.05) is 48.5 Å². The molecule has 1 N–H and O–H groups in total. The number of para-hydroxylation sites is 1. The van der Waals surface area contributed by atoms with E-state index in [9.17, 15) is 9.59 Å². The first-order valence-electron chi connectivity index (χ1n) is 9.00. The smallest absolute Gasteiger partial charge is 0.233 e. The molecule has 1 aliphatic rings. The molecule has 1 aliphatic heterocycles. The molecular weight excluding hydrogens is 360 g/mol. The predicted molar refractivity (Wildman–Crippen MR) is 108 cm³/mol. The number of hydrogen-bond acceptors (Lipinski definition) is 5. The van der Waals surface area contributed by atoms with Gasteiger partial charge in [0, 0.05) is 30.8 Å². The molecule has 0 aliphatic carbocycles. The molecule has 142 valence electrons. The second-order valence-electron chi connectivity index (χ2n) is 6.33. The molecule has 1 saturated heterocycles. The van der Waals surface area contributed by atoms with Gasteiger partial charge in [-0.25, -0.2) is 0 Å². The highest BCUT2D eigenvalue weighted by molar-refractivity contribution is 8.00. The summed E-state index contributed by atoms with van der Waals surface area (Å²) >= 11 is 1.37. The summed E-state index contributed by atoms with van der Waals surface area (Å²) in [5.41, 5.74) is 1.69. The number of rotatable bonds is 7. The average Bonchev–Trinajstić information content (AvgIpc) is 2.74. The summed E-state index contributed by atoms with van der Waals surface area (Å²) in [5.74, 6) is 1.50. The molecule has 6 heteroatoms. The molecule has 3 rings (SSSR count). The molecule has 1 fully saturated rings. The van der Waals surface area contributed by atoms with E-state index in [4.69, 9.17) is 4.74 Å². The van der Waals surface area contributed by atoms with E-state index < -0.39 is 0 Å². The summed E-state index contributed by atoms with van der Waals surface area (Å²) in [6.07, 6.45) is 0. The minimum absolute atomic E-state index is 0.0509. The molecule has 0 aromatic heterocycles. The first-order chi connectivity index (χ1) is 13.2. The van der Waals surface area contributed by atoms with E-state index in [1.165, 1.54) is 11.8 Å². The maximum atomic E-state index is 12.8. The Balaban J connectivity index is 1.61. The lowest BCUT2D eigenvalue weighted by molar-refractivity contribution is -0.131. The van der Waals surface area contributed by atoms with Crippen LogP contribution in [0.3, 0.4) is 0 Å². The Kier molecular flexibility index (Phi) is 6.90. The van der Waals surface area contributed by atoms with Gasteiger partial charge in [-0.15, -0.1) is 11.8 Å². The van der Waals surface area contributed by atoms with E-state index in [2.05, 4.69) is 5.32 Å². The number of amides is 1. The quantitative estimate of drug-likeness (QED) is 0.744. The lowest BCUT2D eigenvalue weighted by atomic mass is 10.0. The number of nitrogens with one attached hydrogen (secondary N) is 1. The molecule has 0 spiro atoms. The number of methoxy groups -OCH3 is 1. The van der Waals surface area contributed by atoms with Crippen LogP contribution in [0.5, 0.6) is 5.75 Å². The number of ketones is 1. The number of carbonyl (C=O) groups excluding carboxylic acids is 2. The monoisotopic (exact) mass is 384 g/mol. The molecule has 0 bridgehead atoms. The van der Waals surface area contributed by atoms with Crippen molar-refractivity contribution in [3.05, 3.63) is 65.7 Å². The number of thioether (sulfide) groups is 1. The third-order valence-corrected chi connectivity index (χ3v) is 5.53. The van der Waals surface area contributed by atoms with E-state index >= 15 is 0 Å². The SMILES string of the molecule is COc1ccccc1C1CNCCN1C(=O)CSCC(=O)c1ccccc1.